The molecule has 0 aliphatic heterocycles. The summed E-state index contributed by atoms with van der Waals surface area (Å²) in [6, 6.07) is 10.9. The van der Waals surface area contributed by atoms with E-state index in [1.54, 1.807) is 12.1 Å². The van der Waals surface area contributed by atoms with Crippen LogP contribution in [0.1, 0.15) is 35.7 Å². The number of carboxylic acid groups (broad SMARTS) is 2. The number of carboxylic acids is 2. The van der Waals surface area contributed by atoms with Crippen molar-refractivity contribution in [3.63, 3.8) is 0 Å². The Morgan fingerprint density at radius 1 is 0.946 bits per heavy atom. The molecule has 0 fully saturated rings. The second kappa shape index (κ2) is 14.7. The van der Waals surface area contributed by atoms with Crippen LogP contribution < -0.4 is 15.5 Å². The second-order valence-electron chi connectivity index (χ2n) is 8.47. The number of aryl methyl sites for hydroxylation is 1. The van der Waals surface area contributed by atoms with Gasteiger partial charge >= 0.3 is 11.9 Å². The van der Waals surface area contributed by atoms with E-state index in [4.69, 9.17) is 5.11 Å². The van der Waals surface area contributed by atoms with Crippen LogP contribution in [0.5, 0.6) is 0 Å². The summed E-state index contributed by atoms with van der Waals surface area (Å²) in [6.07, 6.45) is -0.664. The lowest BCUT2D eigenvalue weighted by Crippen LogP contribution is -2.50. The van der Waals surface area contributed by atoms with Gasteiger partial charge in [-0.15, -0.1) is 0 Å². The van der Waals surface area contributed by atoms with Crippen LogP contribution in [-0.2, 0) is 14.4 Å². The van der Waals surface area contributed by atoms with Crippen molar-refractivity contribution in [1.82, 2.24) is 10.6 Å². The highest BCUT2D eigenvalue weighted by molar-refractivity contribution is 9.09. The van der Waals surface area contributed by atoms with Crippen LogP contribution in [-0.4, -0.2) is 69.8 Å². The zero-order valence-electron chi connectivity index (χ0n) is 20.7. The lowest BCUT2D eigenvalue weighted by atomic mass is 9.98. The first-order valence-corrected chi connectivity index (χ1v) is 14.0. The molecule has 0 saturated heterocycles. The van der Waals surface area contributed by atoms with Gasteiger partial charge in [0.1, 0.15) is 12.1 Å². The predicted octanol–water partition coefficient (Wildman–Crippen LogP) is 3.81. The third kappa shape index (κ3) is 9.15. The van der Waals surface area contributed by atoms with Crippen molar-refractivity contribution in [2.75, 3.05) is 28.6 Å². The number of hydrogen-bond donors (Lipinski definition) is 4. The fourth-order valence-electron chi connectivity index (χ4n) is 3.71. The molecule has 11 heteroatoms. The smallest absolute Gasteiger partial charge is 0.326 e. The molecule has 9 nitrogen and oxygen atoms in total. The second-order valence-corrected chi connectivity index (χ2v) is 10.1. The molecule has 2 aromatic rings. The van der Waals surface area contributed by atoms with Gasteiger partial charge in [0.25, 0.3) is 5.91 Å². The minimum Gasteiger partial charge on any atom is -0.481 e. The molecule has 0 heterocycles. The Morgan fingerprint density at radius 3 is 2.08 bits per heavy atom. The molecular weight excluding hydrogens is 610 g/mol. The summed E-state index contributed by atoms with van der Waals surface area (Å²) in [4.78, 5) is 49.3. The van der Waals surface area contributed by atoms with E-state index in [2.05, 4.69) is 65.6 Å². The maximum atomic E-state index is 12.7. The first kappa shape index (κ1) is 30.3. The lowest BCUT2D eigenvalue weighted by Gasteiger charge is -2.24. The van der Waals surface area contributed by atoms with E-state index in [0.29, 0.717) is 5.56 Å². The minimum absolute atomic E-state index is 0.260. The summed E-state index contributed by atoms with van der Waals surface area (Å²) in [5, 5.41) is 24.5. The SMILES string of the molecule is Cc1cc(N(CCBr)CCBr)ccc1-c1ccc(C(=O)N[C@@H](C)C(=O)N[C@@H](CCC(=O)O)C(=O)O)cc1. The van der Waals surface area contributed by atoms with Gasteiger partial charge < -0.3 is 25.7 Å². The molecule has 0 unspecified atom stereocenters. The summed E-state index contributed by atoms with van der Waals surface area (Å²) >= 11 is 7.00. The summed E-state index contributed by atoms with van der Waals surface area (Å²) in [5.74, 6) is -3.71. The standard InChI is InChI=1S/C26H31Br2N3O6/c1-16-15-20(31(13-11-27)14-12-28)7-8-21(16)18-3-5-19(6-4-18)25(35)29-17(2)24(34)30-22(26(36)37)9-10-23(32)33/h3-8,15,17,22H,9-14H2,1-2H3,(H,29,35)(H,30,34)(H,32,33)(H,36,37)/t17-,22-/m0/s1. The number of carbonyl (C=O) groups excluding carboxylic acids is 2. The fraction of sp³-hybridized carbons (Fsp3) is 0.385. The van der Waals surface area contributed by atoms with Crippen LogP contribution in [0.25, 0.3) is 11.1 Å². The Balaban J connectivity index is 2.05. The van der Waals surface area contributed by atoms with Crippen LogP contribution in [0.15, 0.2) is 42.5 Å². The molecule has 0 saturated carbocycles. The molecule has 37 heavy (non-hydrogen) atoms. The van der Waals surface area contributed by atoms with Crippen LogP contribution in [0.2, 0.25) is 0 Å². The Bertz CT molecular complexity index is 1100. The maximum Gasteiger partial charge on any atom is 0.326 e. The molecule has 0 spiro atoms. The molecule has 2 aromatic carbocycles. The number of benzene rings is 2. The van der Waals surface area contributed by atoms with Gasteiger partial charge in [0.2, 0.25) is 5.91 Å². The van der Waals surface area contributed by atoms with Gasteiger partial charge in [0, 0.05) is 41.4 Å². The number of carbonyl (C=O) groups is 4. The molecule has 200 valence electrons. The molecule has 0 aliphatic rings. The number of nitrogens with one attached hydrogen (secondary N) is 2. The van der Waals surface area contributed by atoms with Gasteiger partial charge in [-0.05, 0) is 61.2 Å². The first-order valence-electron chi connectivity index (χ1n) is 11.7. The largest absolute Gasteiger partial charge is 0.481 e. The molecule has 0 aliphatic carbocycles. The van der Waals surface area contributed by atoms with Crippen LogP contribution in [0, 0.1) is 6.92 Å². The zero-order chi connectivity index (χ0) is 27.5. The first-order chi connectivity index (χ1) is 17.6. The minimum atomic E-state index is -1.36. The van der Waals surface area contributed by atoms with E-state index in [1.807, 2.05) is 19.1 Å². The van der Waals surface area contributed by atoms with Gasteiger partial charge in [-0.25, -0.2) is 4.79 Å². The van der Waals surface area contributed by atoms with Gasteiger partial charge in [-0.1, -0.05) is 50.1 Å². The number of aliphatic carboxylic acids is 2. The Morgan fingerprint density at radius 2 is 1.57 bits per heavy atom. The average molecular weight is 641 g/mol. The number of anilines is 1. The quantitative estimate of drug-likeness (QED) is 0.231. The number of halogens is 2. The van der Waals surface area contributed by atoms with E-state index >= 15 is 0 Å². The highest BCUT2D eigenvalue weighted by Gasteiger charge is 2.24. The number of alkyl halides is 2. The van der Waals surface area contributed by atoms with Gasteiger partial charge in [0.05, 0.1) is 0 Å². The number of hydrogen-bond acceptors (Lipinski definition) is 5. The van der Waals surface area contributed by atoms with Gasteiger partial charge in [-0.3, -0.25) is 14.4 Å². The van der Waals surface area contributed by atoms with Crippen molar-refractivity contribution in [2.24, 2.45) is 0 Å². The molecule has 0 aromatic heterocycles. The van der Waals surface area contributed by atoms with Gasteiger partial charge in [0.15, 0.2) is 0 Å². The van der Waals surface area contributed by atoms with E-state index in [1.165, 1.54) is 6.92 Å². The van der Waals surface area contributed by atoms with Crippen molar-refractivity contribution < 1.29 is 29.4 Å². The van der Waals surface area contributed by atoms with Crippen molar-refractivity contribution >= 4 is 61.3 Å². The third-order valence-electron chi connectivity index (χ3n) is 5.74. The lowest BCUT2D eigenvalue weighted by molar-refractivity contribution is -0.143. The van der Waals surface area contributed by atoms with Crippen LogP contribution in [0.4, 0.5) is 5.69 Å². The van der Waals surface area contributed by atoms with Crippen LogP contribution in [0.3, 0.4) is 0 Å². The number of rotatable bonds is 14. The summed E-state index contributed by atoms with van der Waals surface area (Å²) in [7, 11) is 0. The van der Waals surface area contributed by atoms with Crippen molar-refractivity contribution in [3.8, 4) is 11.1 Å². The monoisotopic (exact) mass is 639 g/mol. The fourth-order valence-corrected chi connectivity index (χ4v) is 4.57. The number of nitrogens with zero attached hydrogens (tertiary/aromatic N) is 1. The summed E-state index contributed by atoms with van der Waals surface area (Å²) < 4.78 is 0. The molecular formula is C26H31Br2N3O6. The molecule has 2 atom stereocenters. The highest BCUT2D eigenvalue weighted by atomic mass is 79.9. The Hall–Kier alpha value is -2.92. The zero-order valence-corrected chi connectivity index (χ0v) is 23.8. The summed E-state index contributed by atoms with van der Waals surface area (Å²) in [6.45, 7) is 5.26. The number of amides is 2. The molecule has 4 N–H and O–H groups in total. The topological polar surface area (TPSA) is 136 Å². The Kier molecular flexibility index (Phi) is 12.1. The third-order valence-corrected chi connectivity index (χ3v) is 6.45. The van der Waals surface area contributed by atoms with E-state index in [-0.39, 0.29) is 6.42 Å². The van der Waals surface area contributed by atoms with E-state index in [9.17, 15) is 24.3 Å². The Labute approximate surface area is 232 Å². The molecule has 0 bridgehead atoms. The summed E-state index contributed by atoms with van der Waals surface area (Å²) in [5.41, 5.74) is 4.57. The van der Waals surface area contributed by atoms with Gasteiger partial charge in [-0.2, -0.15) is 0 Å². The predicted molar refractivity (Wildman–Crippen MR) is 150 cm³/mol. The maximum absolute atomic E-state index is 12.7. The van der Waals surface area contributed by atoms with Crippen molar-refractivity contribution in [1.29, 1.82) is 0 Å². The average Bonchev–Trinajstić information content (AvgIpc) is 2.86. The highest BCUT2D eigenvalue weighted by Crippen LogP contribution is 2.28. The normalized spacial score (nSPS) is 12.3. The molecule has 2 rings (SSSR count). The van der Waals surface area contributed by atoms with Crippen molar-refractivity contribution in [2.45, 2.75) is 38.8 Å². The molecule has 2 amide bonds. The van der Waals surface area contributed by atoms with E-state index in [0.717, 1.165) is 46.1 Å². The van der Waals surface area contributed by atoms with Crippen molar-refractivity contribution in [3.05, 3.63) is 53.6 Å². The van der Waals surface area contributed by atoms with Crippen LogP contribution >= 0.6 is 31.9 Å². The molecule has 0 radical (unpaired) electrons. The van der Waals surface area contributed by atoms with E-state index < -0.39 is 42.3 Å².